The highest BCUT2D eigenvalue weighted by atomic mass is 35.5. The summed E-state index contributed by atoms with van der Waals surface area (Å²) in [6, 6.07) is 14.2. The number of rotatable bonds is 4. The van der Waals surface area contributed by atoms with Gasteiger partial charge in [-0.05, 0) is 35.4 Å². The fourth-order valence-corrected chi connectivity index (χ4v) is 4.51. The van der Waals surface area contributed by atoms with Crippen molar-refractivity contribution in [1.29, 1.82) is 0 Å². The first-order valence-electron chi connectivity index (χ1n) is 7.30. The molecule has 1 amide bonds. The molecular formula is C17H16ClNO3S2. The van der Waals surface area contributed by atoms with Crippen molar-refractivity contribution in [1.82, 2.24) is 4.90 Å². The van der Waals surface area contributed by atoms with E-state index < -0.39 is 9.84 Å². The van der Waals surface area contributed by atoms with E-state index in [1.54, 1.807) is 36.0 Å². The zero-order valence-corrected chi connectivity index (χ0v) is 15.4. The average molecular weight is 382 g/mol. The molecule has 7 heteroatoms. The van der Waals surface area contributed by atoms with Gasteiger partial charge in [0.2, 0.25) is 5.91 Å². The van der Waals surface area contributed by atoms with E-state index >= 15 is 0 Å². The smallest absolute Gasteiger partial charge is 0.234 e. The number of nitrogens with zero attached hydrogens (tertiary/aromatic N) is 1. The van der Waals surface area contributed by atoms with Crippen LogP contribution in [0.2, 0.25) is 5.02 Å². The third-order valence-electron chi connectivity index (χ3n) is 3.83. The van der Waals surface area contributed by atoms with Crippen LogP contribution in [0, 0.1) is 0 Å². The molecule has 4 nitrogen and oxygen atoms in total. The first kappa shape index (κ1) is 17.3. The van der Waals surface area contributed by atoms with Crippen molar-refractivity contribution < 1.29 is 13.2 Å². The molecule has 1 saturated heterocycles. The maximum Gasteiger partial charge on any atom is 0.234 e. The van der Waals surface area contributed by atoms with Gasteiger partial charge in [0, 0.05) is 17.8 Å². The Labute approximate surface area is 150 Å². The van der Waals surface area contributed by atoms with Crippen LogP contribution in [-0.2, 0) is 21.2 Å². The summed E-state index contributed by atoms with van der Waals surface area (Å²) >= 11 is 7.51. The molecule has 126 valence electrons. The van der Waals surface area contributed by atoms with Crippen molar-refractivity contribution in [3.8, 4) is 0 Å². The lowest BCUT2D eigenvalue weighted by Crippen LogP contribution is -2.27. The van der Waals surface area contributed by atoms with Gasteiger partial charge < -0.3 is 4.90 Å². The van der Waals surface area contributed by atoms with Crippen LogP contribution < -0.4 is 0 Å². The standard InChI is InChI=1S/C17H16ClNO3S2/c1-24(21,22)15-8-2-12(3-9-15)10-19-16(20)11-23-17(19)13-4-6-14(18)7-5-13/h2-9,17H,10-11H2,1H3. The van der Waals surface area contributed by atoms with Crippen LogP contribution in [0.4, 0.5) is 0 Å². The Hall–Kier alpha value is -1.50. The normalized spacial score (nSPS) is 18.2. The number of sulfone groups is 1. The van der Waals surface area contributed by atoms with E-state index in [0.717, 1.165) is 11.1 Å². The molecule has 0 N–H and O–H groups in total. The van der Waals surface area contributed by atoms with Crippen molar-refractivity contribution in [2.45, 2.75) is 16.8 Å². The van der Waals surface area contributed by atoms with Crippen LogP contribution in [0.1, 0.15) is 16.5 Å². The Kier molecular flexibility index (Phi) is 4.90. The lowest BCUT2D eigenvalue weighted by Gasteiger charge is -2.24. The zero-order chi connectivity index (χ0) is 17.3. The van der Waals surface area contributed by atoms with Crippen LogP contribution in [-0.4, -0.2) is 31.2 Å². The highest BCUT2D eigenvalue weighted by Gasteiger charge is 2.32. The summed E-state index contributed by atoms with van der Waals surface area (Å²) in [6.07, 6.45) is 1.18. The molecule has 1 aliphatic rings. The molecule has 2 aromatic rings. The molecule has 1 aliphatic heterocycles. The summed E-state index contributed by atoms with van der Waals surface area (Å²) in [6.45, 7) is 0.448. The van der Waals surface area contributed by atoms with Gasteiger partial charge in [-0.25, -0.2) is 8.42 Å². The van der Waals surface area contributed by atoms with Crippen LogP contribution in [0.15, 0.2) is 53.4 Å². The molecule has 24 heavy (non-hydrogen) atoms. The Morgan fingerprint density at radius 3 is 2.33 bits per heavy atom. The van der Waals surface area contributed by atoms with Crippen LogP contribution >= 0.6 is 23.4 Å². The minimum atomic E-state index is -3.21. The molecule has 1 atom stereocenters. The molecule has 1 fully saturated rings. The predicted octanol–water partition coefficient (Wildman–Crippen LogP) is 3.52. The van der Waals surface area contributed by atoms with Gasteiger partial charge in [-0.15, -0.1) is 11.8 Å². The fraction of sp³-hybridized carbons (Fsp3) is 0.235. The van der Waals surface area contributed by atoms with Crippen LogP contribution in [0.5, 0.6) is 0 Å². The highest BCUT2D eigenvalue weighted by molar-refractivity contribution is 8.00. The van der Waals surface area contributed by atoms with E-state index in [4.69, 9.17) is 11.6 Å². The Morgan fingerprint density at radius 1 is 1.12 bits per heavy atom. The van der Waals surface area contributed by atoms with E-state index in [2.05, 4.69) is 0 Å². The van der Waals surface area contributed by atoms with Crippen molar-refractivity contribution in [3.05, 3.63) is 64.7 Å². The first-order chi connectivity index (χ1) is 11.3. The second-order valence-electron chi connectivity index (χ2n) is 5.65. The first-order valence-corrected chi connectivity index (χ1v) is 10.6. The molecule has 1 unspecified atom stereocenters. The number of hydrogen-bond acceptors (Lipinski definition) is 4. The van der Waals surface area contributed by atoms with Crippen molar-refractivity contribution in [2.24, 2.45) is 0 Å². The van der Waals surface area contributed by atoms with Gasteiger partial charge in [0.15, 0.2) is 9.84 Å². The van der Waals surface area contributed by atoms with E-state index in [9.17, 15) is 13.2 Å². The zero-order valence-electron chi connectivity index (χ0n) is 13.0. The molecule has 3 rings (SSSR count). The molecule has 0 aromatic heterocycles. The quantitative estimate of drug-likeness (QED) is 0.813. The lowest BCUT2D eigenvalue weighted by atomic mass is 10.1. The molecule has 0 saturated carbocycles. The Morgan fingerprint density at radius 2 is 1.75 bits per heavy atom. The van der Waals surface area contributed by atoms with Crippen molar-refractivity contribution in [3.63, 3.8) is 0 Å². The lowest BCUT2D eigenvalue weighted by molar-refractivity contribution is -0.128. The Balaban J connectivity index is 1.81. The van der Waals surface area contributed by atoms with Gasteiger partial charge >= 0.3 is 0 Å². The number of carbonyl (C=O) groups excluding carboxylic acids is 1. The fourth-order valence-electron chi connectivity index (χ4n) is 2.57. The third-order valence-corrected chi connectivity index (χ3v) is 6.46. The minimum Gasteiger partial charge on any atom is -0.322 e. The number of thioether (sulfide) groups is 1. The number of amides is 1. The van der Waals surface area contributed by atoms with Gasteiger partial charge in [-0.3, -0.25) is 4.79 Å². The van der Waals surface area contributed by atoms with Gasteiger partial charge in [0.05, 0.1) is 10.6 Å². The summed E-state index contributed by atoms with van der Waals surface area (Å²) in [5.41, 5.74) is 1.93. The number of carbonyl (C=O) groups is 1. The topological polar surface area (TPSA) is 54.5 Å². The Bertz CT molecular complexity index is 848. The van der Waals surface area contributed by atoms with E-state index in [1.807, 2.05) is 29.2 Å². The predicted molar refractivity (Wildman–Crippen MR) is 96.8 cm³/mol. The maximum absolute atomic E-state index is 12.2. The molecule has 0 spiro atoms. The summed E-state index contributed by atoms with van der Waals surface area (Å²) in [7, 11) is -3.21. The maximum atomic E-state index is 12.2. The summed E-state index contributed by atoms with van der Waals surface area (Å²) in [4.78, 5) is 14.3. The molecule has 0 aliphatic carbocycles. The molecule has 1 heterocycles. The van der Waals surface area contributed by atoms with Gasteiger partial charge in [-0.1, -0.05) is 35.9 Å². The van der Waals surface area contributed by atoms with Crippen molar-refractivity contribution >= 4 is 39.1 Å². The third kappa shape index (κ3) is 3.77. The largest absolute Gasteiger partial charge is 0.322 e. The molecular weight excluding hydrogens is 366 g/mol. The van der Waals surface area contributed by atoms with Gasteiger partial charge in [0.1, 0.15) is 5.37 Å². The van der Waals surface area contributed by atoms with Crippen molar-refractivity contribution in [2.75, 3.05) is 12.0 Å². The second-order valence-corrected chi connectivity index (χ2v) is 9.17. The minimum absolute atomic E-state index is 0.0515. The van der Waals surface area contributed by atoms with E-state index in [0.29, 0.717) is 17.3 Å². The number of benzene rings is 2. The molecule has 0 radical (unpaired) electrons. The number of hydrogen-bond donors (Lipinski definition) is 0. The number of halogens is 1. The SMILES string of the molecule is CS(=O)(=O)c1ccc(CN2C(=O)CSC2c2ccc(Cl)cc2)cc1. The van der Waals surface area contributed by atoms with Crippen LogP contribution in [0.3, 0.4) is 0 Å². The summed E-state index contributed by atoms with van der Waals surface area (Å²) in [5, 5.41) is 0.611. The summed E-state index contributed by atoms with van der Waals surface area (Å²) < 4.78 is 23.1. The van der Waals surface area contributed by atoms with E-state index in [1.165, 1.54) is 6.26 Å². The van der Waals surface area contributed by atoms with Gasteiger partial charge in [0.25, 0.3) is 0 Å². The second kappa shape index (κ2) is 6.78. The molecule has 0 bridgehead atoms. The highest BCUT2D eigenvalue weighted by Crippen LogP contribution is 2.39. The molecule has 2 aromatic carbocycles. The van der Waals surface area contributed by atoms with E-state index in [-0.39, 0.29) is 16.2 Å². The van der Waals surface area contributed by atoms with Crippen LogP contribution in [0.25, 0.3) is 0 Å². The van der Waals surface area contributed by atoms with Gasteiger partial charge in [-0.2, -0.15) is 0 Å². The average Bonchev–Trinajstić information content (AvgIpc) is 2.89. The summed E-state index contributed by atoms with van der Waals surface area (Å²) in [5.74, 6) is 0.515. The monoisotopic (exact) mass is 381 g/mol.